The number of H-pyrrole nitrogens is 1. The van der Waals surface area contributed by atoms with Crippen molar-refractivity contribution in [3.8, 4) is 0 Å². The van der Waals surface area contributed by atoms with Crippen LogP contribution in [0.2, 0.25) is 0 Å². The minimum atomic E-state index is -1.36. The van der Waals surface area contributed by atoms with Crippen molar-refractivity contribution in [1.29, 1.82) is 0 Å². The highest BCUT2D eigenvalue weighted by atomic mass is 16.7. The van der Waals surface area contributed by atoms with Crippen molar-refractivity contribution in [1.82, 2.24) is 4.98 Å². The van der Waals surface area contributed by atoms with Gasteiger partial charge in [0, 0.05) is 23.5 Å². The number of rotatable bonds is 6. The molecule has 0 fully saturated rings. The van der Waals surface area contributed by atoms with Crippen LogP contribution < -0.4 is 0 Å². The van der Waals surface area contributed by atoms with Crippen molar-refractivity contribution in [3.63, 3.8) is 0 Å². The first kappa shape index (κ1) is 17.0. The number of nitrogens with one attached hydrogen (secondary N) is 1. The lowest BCUT2D eigenvalue weighted by atomic mass is 9.89. The third kappa shape index (κ3) is 3.22. The number of ether oxygens (including phenoxy) is 2. The maximum atomic E-state index is 12.6. The first-order valence-corrected chi connectivity index (χ1v) is 8.24. The fourth-order valence-corrected chi connectivity index (χ4v) is 2.93. The molecule has 0 saturated carbocycles. The molecule has 1 atom stereocenters. The molecule has 7 heteroatoms. The van der Waals surface area contributed by atoms with Gasteiger partial charge in [0.1, 0.15) is 0 Å². The Morgan fingerprint density at radius 3 is 2.76 bits per heavy atom. The molecular weight excluding hydrogens is 324 g/mol. The number of carbonyl (C=O) groups excluding carboxylic acids is 2. The number of oxime groups is 1. The van der Waals surface area contributed by atoms with Gasteiger partial charge in [0.2, 0.25) is 5.60 Å². The predicted molar refractivity (Wildman–Crippen MR) is 91.1 cm³/mol. The number of hydrogen-bond donors (Lipinski definition) is 1. The Kier molecular flexibility index (Phi) is 4.74. The predicted octanol–water partition coefficient (Wildman–Crippen LogP) is 2.35. The molecule has 1 aromatic carbocycles. The number of carbonyl (C=O) groups is 2. The summed E-state index contributed by atoms with van der Waals surface area (Å²) in [7, 11) is 0. The van der Waals surface area contributed by atoms with Crippen molar-refractivity contribution in [2.75, 3.05) is 13.2 Å². The number of benzene rings is 1. The number of hydrogen-bond acceptors (Lipinski definition) is 6. The number of nitrogens with zero attached hydrogens (tertiary/aromatic N) is 1. The van der Waals surface area contributed by atoms with Gasteiger partial charge in [-0.2, -0.15) is 0 Å². The Hall–Kier alpha value is -2.83. The molecular formula is C18H20N2O5. The minimum Gasteiger partial charge on any atom is -0.463 e. The fraction of sp³-hybridized carbons (Fsp3) is 0.389. The smallest absolute Gasteiger partial charge is 0.356 e. The molecule has 0 amide bonds. The van der Waals surface area contributed by atoms with Crippen molar-refractivity contribution in [2.45, 2.75) is 32.3 Å². The first-order valence-electron chi connectivity index (χ1n) is 8.24. The lowest BCUT2D eigenvalue weighted by Gasteiger charge is -2.23. The number of para-hydroxylation sites is 1. The summed E-state index contributed by atoms with van der Waals surface area (Å²) in [6.07, 6.45) is 2.09. The van der Waals surface area contributed by atoms with Crippen LogP contribution in [0.25, 0.3) is 10.9 Å². The molecule has 1 aliphatic heterocycles. The van der Waals surface area contributed by atoms with E-state index in [2.05, 4.69) is 10.1 Å². The third-order valence-electron chi connectivity index (χ3n) is 4.09. The van der Waals surface area contributed by atoms with Crippen LogP contribution in [-0.2, 0) is 30.3 Å². The number of fused-ring (bicyclic) bond motifs is 1. The summed E-state index contributed by atoms with van der Waals surface area (Å²) in [4.78, 5) is 33.1. The highest BCUT2D eigenvalue weighted by Crippen LogP contribution is 2.32. The SMILES string of the molecule is CCOC(=O)C1=NO[C@](Cc2c[nH]c3ccccc23)(C(=O)OCC)C1. The standard InChI is InChI=1S/C18H20N2O5/c1-3-23-16(21)15-10-18(25-20-15,17(22)24-4-2)9-12-11-19-14-8-6-5-7-13(12)14/h5-8,11,19H,3-4,9-10H2,1-2H3/t18-/m0/s1. The van der Waals surface area contributed by atoms with Gasteiger partial charge in [0.15, 0.2) is 5.71 Å². The lowest BCUT2D eigenvalue weighted by Crippen LogP contribution is -2.43. The summed E-state index contributed by atoms with van der Waals surface area (Å²) in [5.74, 6) is -1.11. The van der Waals surface area contributed by atoms with Crippen LogP contribution in [0, 0.1) is 0 Å². The second-order valence-electron chi connectivity index (χ2n) is 5.78. The maximum absolute atomic E-state index is 12.6. The van der Waals surface area contributed by atoms with E-state index >= 15 is 0 Å². The molecule has 7 nitrogen and oxygen atoms in total. The van der Waals surface area contributed by atoms with Gasteiger partial charge in [0.05, 0.1) is 19.6 Å². The number of aromatic amines is 1. The van der Waals surface area contributed by atoms with Crippen LogP contribution in [0.5, 0.6) is 0 Å². The van der Waals surface area contributed by atoms with E-state index in [1.54, 1.807) is 13.8 Å². The summed E-state index contributed by atoms with van der Waals surface area (Å²) >= 11 is 0. The summed E-state index contributed by atoms with van der Waals surface area (Å²) in [5, 5.41) is 4.79. The molecule has 0 unspecified atom stereocenters. The summed E-state index contributed by atoms with van der Waals surface area (Å²) in [5.41, 5.74) is 0.586. The largest absolute Gasteiger partial charge is 0.463 e. The molecule has 25 heavy (non-hydrogen) atoms. The average Bonchev–Trinajstić information content (AvgIpc) is 3.22. The van der Waals surface area contributed by atoms with Gasteiger partial charge in [-0.05, 0) is 25.5 Å². The van der Waals surface area contributed by atoms with E-state index in [0.717, 1.165) is 16.5 Å². The molecule has 0 spiro atoms. The van der Waals surface area contributed by atoms with E-state index in [1.165, 1.54) is 0 Å². The van der Waals surface area contributed by atoms with Gasteiger partial charge in [-0.25, -0.2) is 9.59 Å². The van der Waals surface area contributed by atoms with Crippen molar-refractivity contribution in [3.05, 3.63) is 36.0 Å². The first-order chi connectivity index (χ1) is 12.1. The highest BCUT2D eigenvalue weighted by Gasteiger charge is 2.50. The van der Waals surface area contributed by atoms with Crippen LogP contribution in [0.15, 0.2) is 35.6 Å². The molecule has 2 heterocycles. The zero-order valence-corrected chi connectivity index (χ0v) is 14.2. The van der Waals surface area contributed by atoms with Gasteiger partial charge >= 0.3 is 11.9 Å². The zero-order valence-electron chi connectivity index (χ0n) is 14.2. The monoisotopic (exact) mass is 344 g/mol. The van der Waals surface area contributed by atoms with E-state index < -0.39 is 17.5 Å². The Labute approximate surface area is 144 Å². The molecule has 2 aromatic rings. The van der Waals surface area contributed by atoms with Gasteiger partial charge in [-0.15, -0.1) is 0 Å². The van der Waals surface area contributed by atoms with E-state index in [4.69, 9.17) is 14.3 Å². The molecule has 1 aliphatic rings. The molecule has 132 valence electrons. The maximum Gasteiger partial charge on any atom is 0.356 e. The summed E-state index contributed by atoms with van der Waals surface area (Å²) in [6.45, 7) is 3.87. The molecule has 0 aliphatic carbocycles. The highest BCUT2D eigenvalue weighted by molar-refractivity contribution is 6.37. The Morgan fingerprint density at radius 1 is 1.24 bits per heavy atom. The topological polar surface area (TPSA) is 90.0 Å². The van der Waals surface area contributed by atoms with Crippen molar-refractivity contribution < 1.29 is 23.9 Å². The quantitative estimate of drug-likeness (QED) is 0.813. The van der Waals surface area contributed by atoms with Gasteiger partial charge < -0.3 is 19.3 Å². The van der Waals surface area contributed by atoms with Crippen LogP contribution >= 0.6 is 0 Å². The molecule has 0 bridgehead atoms. The number of esters is 2. The van der Waals surface area contributed by atoms with E-state index in [1.807, 2.05) is 30.5 Å². The van der Waals surface area contributed by atoms with Gasteiger partial charge in [-0.3, -0.25) is 0 Å². The summed E-state index contributed by atoms with van der Waals surface area (Å²) in [6, 6.07) is 7.76. The van der Waals surface area contributed by atoms with Crippen LogP contribution in [0.3, 0.4) is 0 Å². The molecule has 1 aromatic heterocycles. The third-order valence-corrected chi connectivity index (χ3v) is 4.09. The van der Waals surface area contributed by atoms with Crippen molar-refractivity contribution >= 4 is 28.6 Å². The van der Waals surface area contributed by atoms with Crippen LogP contribution in [0.4, 0.5) is 0 Å². The molecule has 0 radical (unpaired) electrons. The van der Waals surface area contributed by atoms with Gasteiger partial charge in [0.25, 0.3) is 0 Å². The normalized spacial score (nSPS) is 19.4. The molecule has 1 N–H and O–H groups in total. The van der Waals surface area contributed by atoms with E-state index in [0.29, 0.717) is 0 Å². The minimum absolute atomic E-state index is 0.0180. The lowest BCUT2D eigenvalue weighted by molar-refractivity contribution is -0.168. The van der Waals surface area contributed by atoms with Crippen LogP contribution in [0.1, 0.15) is 25.8 Å². The van der Waals surface area contributed by atoms with E-state index in [-0.39, 0.29) is 31.8 Å². The second-order valence-corrected chi connectivity index (χ2v) is 5.78. The molecule has 3 rings (SSSR count). The number of aromatic nitrogens is 1. The summed E-state index contributed by atoms with van der Waals surface area (Å²) < 4.78 is 10.1. The Balaban J connectivity index is 1.89. The average molecular weight is 344 g/mol. The zero-order chi connectivity index (χ0) is 17.9. The fourth-order valence-electron chi connectivity index (χ4n) is 2.93. The van der Waals surface area contributed by atoms with Crippen LogP contribution in [-0.4, -0.2) is 41.4 Å². The Morgan fingerprint density at radius 2 is 2.00 bits per heavy atom. The van der Waals surface area contributed by atoms with E-state index in [9.17, 15) is 9.59 Å². The Bertz CT molecular complexity index is 826. The van der Waals surface area contributed by atoms with Gasteiger partial charge in [-0.1, -0.05) is 23.4 Å². The van der Waals surface area contributed by atoms with Crippen molar-refractivity contribution in [2.24, 2.45) is 5.16 Å². The second kappa shape index (κ2) is 6.96. The molecule has 0 saturated heterocycles.